The summed E-state index contributed by atoms with van der Waals surface area (Å²) < 4.78 is 15.0. The number of rotatable bonds is 5. The van der Waals surface area contributed by atoms with Crippen molar-refractivity contribution in [1.82, 2.24) is 29.5 Å². The number of fused-ring (bicyclic) bond motifs is 3. The minimum Gasteiger partial charge on any atom is -0.490 e. The number of nitrogens with zero attached hydrogens (tertiary/aromatic N) is 5. The van der Waals surface area contributed by atoms with Gasteiger partial charge in [-0.25, -0.2) is 4.79 Å². The number of aromatic amines is 1. The van der Waals surface area contributed by atoms with Crippen LogP contribution in [0.3, 0.4) is 0 Å². The fourth-order valence-corrected chi connectivity index (χ4v) is 4.40. The average molecular weight is 447 g/mol. The Morgan fingerprint density at radius 3 is 2.58 bits per heavy atom. The van der Waals surface area contributed by atoms with Crippen LogP contribution in [0.25, 0.3) is 33.1 Å². The Hall–Kier alpha value is -3.88. The van der Waals surface area contributed by atoms with Gasteiger partial charge < -0.3 is 14.2 Å². The molecule has 0 aliphatic rings. The summed E-state index contributed by atoms with van der Waals surface area (Å²) in [7, 11) is 1.86. The Bertz CT molecular complexity index is 1530. The van der Waals surface area contributed by atoms with Gasteiger partial charge >= 0.3 is 5.69 Å². The Labute approximate surface area is 190 Å². The second kappa shape index (κ2) is 7.61. The molecule has 5 aromatic rings. The molecule has 5 rings (SSSR count). The number of nitrogens with one attached hydrogen (secondary N) is 1. The lowest BCUT2D eigenvalue weighted by Gasteiger charge is -2.16. The number of imidazole rings is 1. The Balaban J connectivity index is 1.76. The van der Waals surface area contributed by atoms with Crippen LogP contribution < -0.4 is 10.4 Å². The molecule has 170 valence electrons. The first-order valence-electron chi connectivity index (χ1n) is 10.9. The van der Waals surface area contributed by atoms with Crippen LogP contribution in [0, 0.1) is 13.8 Å². The van der Waals surface area contributed by atoms with E-state index in [1.54, 1.807) is 21.6 Å². The number of benzene rings is 1. The van der Waals surface area contributed by atoms with E-state index >= 15 is 0 Å². The molecule has 0 amide bonds. The molecule has 9 heteroatoms. The van der Waals surface area contributed by atoms with Crippen LogP contribution in [-0.2, 0) is 7.05 Å². The van der Waals surface area contributed by atoms with Crippen molar-refractivity contribution in [2.45, 2.75) is 46.8 Å². The Morgan fingerprint density at radius 2 is 1.94 bits per heavy atom. The van der Waals surface area contributed by atoms with Gasteiger partial charge in [-0.05, 0) is 46.8 Å². The van der Waals surface area contributed by atoms with Gasteiger partial charge in [0.25, 0.3) is 0 Å². The molecule has 4 heterocycles. The fourth-order valence-electron chi connectivity index (χ4n) is 4.40. The van der Waals surface area contributed by atoms with Gasteiger partial charge in [0.2, 0.25) is 0 Å². The van der Waals surface area contributed by atoms with Gasteiger partial charge in [0.15, 0.2) is 0 Å². The lowest BCUT2D eigenvalue weighted by molar-refractivity contribution is 0.244. The monoisotopic (exact) mass is 446 g/mol. The lowest BCUT2D eigenvalue weighted by atomic mass is 10.0. The summed E-state index contributed by atoms with van der Waals surface area (Å²) in [6, 6.07) is 3.72. The molecule has 1 aromatic carbocycles. The average Bonchev–Trinajstić information content (AvgIpc) is 3.43. The summed E-state index contributed by atoms with van der Waals surface area (Å²) in [6.45, 7) is 9.72. The standard InChI is InChI=1S/C24H26N6O3/c1-12(2)32-21-8-17-19(7-18(21)22-13(3)28-33-15(22)5)25-10-20-23(17)27-24(31)30(20)14(4)16-9-26-29(6)11-16/h7-12,14H,1-6H3,(H,27,31). The topological polar surface area (TPSA) is 104 Å². The van der Waals surface area contributed by atoms with E-state index in [-0.39, 0.29) is 17.8 Å². The molecule has 0 radical (unpaired) electrons. The quantitative estimate of drug-likeness (QED) is 0.432. The highest BCUT2D eigenvalue weighted by Gasteiger charge is 2.22. The Kier molecular flexibility index (Phi) is 4.84. The van der Waals surface area contributed by atoms with Crippen molar-refractivity contribution in [2.24, 2.45) is 7.05 Å². The van der Waals surface area contributed by atoms with Gasteiger partial charge in [0, 0.05) is 29.8 Å². The zero-order valence-corrected chi connectivity index (χ0v) is 19.5. The molecule has 9 nitrogen and oxygen atoms in total. The first-order chi connectivity index (χ1) is 15.7. The molecule has 0 aliphatic heterocycles. The summed E-state index contributed by atoms with van der Waals surface area (Å²) in [5, 5.41) is 9.15. The van der Waals surface area contributed by atoms with E-state index in [4.69, 9.17) is 14.2 Å². The summed E-state index contributed by atoms with van der Waals surface area (Å²) in [6.07, 6.45) is 5.38. The first-order valence-corrected chi connectivity index (χ1v) is 10.9. The summed E-state index contributed by atoms with van der Waals surface area (Å²) in [5.41, 5.74) is 5.48. The molecule has 1 N–H and O–H groups in total. The number of hydrogen-bond acceptors (Lipinski definition) is 6. The number of pyridine rings is 1. The maximum Gasteiger partial charge on any atom is 0.327 e. The minimum absolute atomic E-state index is 0.0388. The number of aryl methyl sites for hydroxylation is 3. The highest BCUT2D eigenvalue weighted by Crippen LogP contribution is 2.39. The Morgan fingerprint density at radius 1 is 1.15 bits per heavy atom. The van der Waals surface area contributed by atoms with Gasteiger partial charge in [-0.2, -0.15) is 5.10 Å². The van der Waals surface area contributed by atoms with Crippen molar-refractivity contribution in [3.8, 4) is 16.9 Å². The highest BCUT2D eigenvalue weighted by molar-refractivity contribution is 6.04. The normalized spacial score (nSPS) is 12.8. The van der Waals surface area contributed by atoms with Crippen LogP contribution >= 0.6 is 0 Å². The molecule has 4 aromatic heterocycles. The lowest BCUT2D eigenvalue weighted by Crippen LogP contribution is -2.20. The van der Waals surface area contributed by atoms with Gasteiger partial charge in [-0.3, -0.25) is 14.2 Å². The van der Waals surface area contributed by atoms with E-state index in [1.165, 1.54) is 0 Å². The molecule has 0 bridgehead atoms. The third kappa shape index (κ3) is 3.40. The molecule has 33 heavy (non-hydrogen) atoms. The first kappa shape index (κ1) is 21.0. The van der Waals surface area contributed by atoms with Gasteiger partial charge in [0.1, 0.15) is 11.5 Å². The van der Waals surface area contributed by atoms with Crippen LogP contribution in [0.2, 0.25) is 0 Å². The zero-order chi connectivity index (χ0) is 23.4. The van der Waals surface area contributed by atoms with Gasteiger partial charge in [-0.1, -0.05) is 5.16 Å². The van der Waals surface area contributed by atoms with Crippen molar-refractivity contribution in [3.05, 3.63) is 58.2 Å². The number of aromatic nitrogens is 6. The van der Waals surface area contributed by atoms with E-state index in [1.807, 2.05) is 60.0 Å². The molecule has 1 atom stereocenters. The van der Waals surface area contributed by atoms with Crippen LogP contribution in [0.1, 0.15) is 43.8 Å². The highest BCUT2D eigenvalue weighted by atomic mass is 16.5. The van der Waals surface area contributed by atoms with Crippen LogP contribution in [0.4, 0.5) is 0 Å². The van der Waals surface area contributed by atoms with E-state index in [2.05, 4.69) is 15.2 Å². The summed E-state index contributed by atoms with van der Waals surface area (Å²) in [4.78, 5) is 20.8. The third-order valence-electron chi connectivity index (χ3n) is 5.92. The molecular weight excluding hydrogens is 420 g/mol. The minimum atomic E-state index is -0.202. The van der Waals surface area contributed by atoms with E-state index in [0.29, 0.717) is 11.5 Å². The van der Waals surface area contributed by atoms with Crippen molar-refractivity contribution < 1.29 is 9.26 Å². The van der Waals surface area contributed by atoms with Crippen molar-refractivity contribution in [1.29, 1.82) is 0 Å². The maximum absolute atomic E-state index is 13.0. The molecule has 0 saturated carbocycles. The second-order valence-electron chi connectivity index (χ2n) is 8.67. The SMILES string of the molecule is Cc1noc(C)c1-c1cc2ncc3c([nH]c(=O)n3C(C)c3cnn(C)c3)c2cc1OC(C)C. The summed E-state index contributed by atoms with van der Waals surface area (Å²) in [5.74, 6) is 1.40. The zero-order valence-electron chi connectivity index (χ0n) is 19.5. The number of ether oxygens (including phenoxy) is 1. The van der Waals surface area contributed by atoms with Crippen molar-refractivity contribution in [2.75, 3.05) is 0 Å². The fraction of sp³-hybridized carbons (Fsp3) is 0.333. The van der Waals surface area contributed by atoms with Crippen LogP contribution in [0.5, 0.6) is 5.75 Å². The number of H-pyrrole nitrogens is 1. The van der Waals surface area contributed by atoms with Gasteiger partial charge in [-0.15, -0.1) is 0 Å². The van der Waals surface area contributed by atoms with E-state index in [9.17, 15) is 4.79 Å². The van der Waals surface area contributed by atoms with Crippen LogP contribution in [-0.4, -0.2) is 35.6 Å². The molecule has 0 fully saturated rings. The second-order valence-corrected chi connectivity index (χ2v) is 8.67. The van der Waals surface area contributed by atoms with Gasteiger partial charge in [0.05, 0.1) is 52.3 Å². The maximum atomic E-state index is 13.0. The molecule has 0 aliphatic carbocycles. The molecular formula is C24H26N6O3. The molecule has 0 spiro atoms. The van der Waals surface area contributed by atoms with Crippen LogP contribution in [0.15, 0.2) is 40.0 Å². The molecule has 1 unspecified atom stereocenters. The smallest absolute Gasteiger partial charge is 0.327 e. The predicted molar refractivity (Wildman–Crippen MR) is 126 cm³/mol. The third-order valence-corrected chi connectivity index (χ3v) is 5.92. The number of hydrogen-bond donors (Lipinski definition) is 1. The predicted octanol–water partition coefficient (Wildman–Crippen LogP) is 4.28. The largest absolute Gasteiger partial charge is 0.490 e. The molecule has 0 saturated heterocycles. The van der Waals surface area contributed by atoms with Crippen molar-refractivity contribution >= 4 is 21.9 Å². The summed E-state index contributed by atoms with van der Waals surface area (Å²) >= 11 is 0. The van der Waals surface area contributed by atoms with Crippen molar-refractivity contribution in [3.63, 3.8) is 0 Å². The van der Waals surface area contributed by atoms with E-state index < -0.39 is 0 Å². The van der Waals surface area contributed by atoms with E-state index in [0.717, 1.165) is 44.3 Å².